The molecule has 0 amide bonds. The quantitative estimate of drug-likeness (QED) is 0.627. The van der Waals surface area contributed by atoms with Gasteiger partial charge >= 0.3 is 16.3 Å². The molecule has 0 aromatic heterocycles. The minimum absolute atomic E-state index is 0.0464. The van der Waals surface area contributed by atoms with E-state index in [1.165, 1.54) is 31.2 Å². The van der Waals surface area contributed by atoms with E-state index in [2.05, 4.69) is 0 Å². The van der Waals surface area contributed by atoms with E-state index in [1.54, 1.807) is 0 Å². The first-order valence-corrected chi connectivity index (χ1v) is 7.73. The van der Waals surface area contributed by atoms with Crippen LogP contribution in [0.25, 0.3) is 0 Å². The Morgan fingerprint density at radius 2 is 1.48 bits per heavy atom. The van der Waals surface area contributed by atoms with Crippen LogP contribution in [0, 0.1) is 0 Å². The normalized spacial score (nSPS) is 12.0. The molecule has 0 bridgehead atoms. The molecule has 2 rings (SSSR count). The van der Waals surface area contributed by atoms with Gasteiger partial charge in [0.1, 0.15) is 10.6 Å². The summed E-state index contributed by atoms with van der Waals surface area (Å²) in [6.45, 7) is 1.36. The molecule has 0 saturated carbocycles. The molecule has 0 fully saturated rings. The molecule has 2 aromatic carbocycles. The molecule has 0 atom stereocenters. The zero-order chi connectivity index (χ0) is 17.3. The van der Waals surface area contributed by atoms with Gasteiger partial charge in [0.15, 0.2) is 5.78 Å². The number of halogens is 3. The van der Waals surface area contributed by atoms with Crippen molar-refractivity contribution in [2.75, 3.05) is 0 Å². The highest BCUT2D eigenvalue weighted by Crippen LogP contribution is 2.30. The third-order valence-corrected chi connectivity index (χ3v) is 4.20. The molecule has 0 N–H and O–H groups in total. The van der Waals surface area contributed by atoms with E-state index in [9.17, 15) is 26.4 Å². The Hall–Kier alpha value is -2.35. The minimum Gasteiger partial charge on any atom is -0.379 e. The van der Waals surface area contributed by atoms with Crippen LogP contribution in [-0.4, -0.2) is 14.2 Å². The number of ketones is 1. The Bertz CT molecular complexity index is 807. The number of Topliss-reactive ketones (excluding diaryl/α,β-unsaturated/α-hetero) is 1. The maximum absolute atomic E-state index is 12.5. The molecular formula is C15H11F3O4S. The van der Waals surface area contributed by atoms with Gasteiger partial charge in [-0.25, -0.2) is 0 Å². The van der Waals surface area contributed by atoms with E-state index in [1.807, 2.05) is 0 Å². The highest BCUT2D eigenvalue weighted by molar-refractivity contribution is 7.87. The lowest BCUT2D eigenvalue weighted by Gasteiger charge is -2.09. The highest BCUT2D eigenvalue weighted by atomic mass is 32.2. The van der Waals surface area contributed by atoms with Crippen LogP contribution in [0.3, 0.4) is 0 Å². The second kappa shape index (κ2) is 6.04. The molecule has 23 heavy (non-hydrogen) atoms. The van der Waals surface area contributed by atoms with Gasteiger partial charge in [-0.3, -0.25) is 4.79 Å². The summed E-state index contributed by atoms with van der Waals surface area (Å²) < 4.78 is 66.2. The van der Waals surface area contributed by atoms with Crippen LogP contribution >= 0.6 is 0 Å². The standard InChI is InChI=1S/C15H11F3O4S/c1-10(19)11-2-6-13(7-3-11)22-23(20,21)14-8-4-12(5-9-14)15(16,17)18/h2-9H,1H3. The lowest BCUT2D eigenvalue weighted by Crippen LogP contribution is -2.11. The summed E-state index contributed by atoms with van der Waals surface area (Å²) in [7, 11) is -4.26. The molecule has 8 heteroatoms. The number of alkyl halides is 3. The fourth-order valence-corrected chi connectivity index (χ4v) is 2.66. The minimum atomic E-state index is -4.55. The van der Waals surface area contributed by atoms with E-state index in [4.69, 9.17) is 4.18 Å². The van der Waals surface area contributed by atoms with Crippen molar-refractivity contribution in [1.82, 2.24) is 0 Å². The molecule has 0 unspecified atom stereocenters. The van der Waals surface area contributed by atoms with Gasteiger partial charge in [-0.1, -0.05) is 0 Å². The Labute approximate surface area is 130 Å². The van der Waals surface area contributed by atoms with Crippen molar-refractivity contribution in [1.29, 1.82) is 0 Å². The van der Waals surface area contributed by atoms with Crippen LogP contribution in [0.5, 0.6) is 5.75 Å². The summed E-state index contributed by atoms with van der Waals surface area (Å²) in [6.07, 6.45) is -4.55. The SMILES string of the molecule is CC(=O)c1ccc(OS(=O)(=O)c2ccc(C(F)(F)F)cc2)cc1. The molecule has 0 radical (unpaired) electrons. The predicted molar refractivity (Wildman–Crippen MR) is 75.7 cm³/mol. The van der Waals surface area contributed by atoms with Gasteiger partial charge in [-0.15, -0.1) is 0 Å². The van der Waals surface area contributed by atoms with Crippen molar-refractivity contribution in [3.05, 3.63) is 59.7 Å². The lowest BCUT2D eigenvalue weighted by molar-refractivity contribution is -0.137. The topological polar surface area (TPSA) is 60.4 Å². The molecule has 0 heterocycles. The molecule has 0 aliphatic carbocycles. The molecule has 0 aliphatic heterocycles. The van der Waals surface area contributed by atoms with Crippen molar-refractivity contribution < 1.29 is 30.6 Å². The first-order chi connectivity index (χ1) is 10.6. The second-order valence-corrected chi connectivity index (χ2v) is 6.19. The van der Waals surface area contributed by atoms with Crippen LogP contribution in [-0.2, 0) is 16.3 Å². The summed E-state index contributed by atoms with van der Waals surface area (Å²) in [5.74, 6) is -0.239. The van der Waals surface area contributed by atoms with Crippen molar-refractivity contribution in [2.24, 2.45) is 0 Å². The molecular weight excluding hydrogens is 333 g/mol. The van der Waals surface area contributed by atoms with E-state index < -0.39 is 26.8 Å². The maximum atomic E-state index is 12.5. The molecule has 2 aromatic rings. The van der Waals surface area contributed by atoms with Gasteiger partial charge in [-0.2, -0.15) is 21.6 Å². The zero-order valence-corrected chi connectivity index (χ0v) is 12.6. The number of carbonyl (C=O) groups is 1. The largest absolute Gasteiger partial charge is 0.416 e. The third-order valence-electron chi connectivity index (χ3n) is 2.94. The molecule has 122 valence electrons. The van der Waals surface area contributed by atoms with Crippen LogP contribution in [0.15, 0.2) is 53.4 Å². The molecule has 0 spiro atoms. The predicted octanol–water partition coefficient (Wildman–Crippen LogP) is 3.68. The van der Waals surface area contributed by atoms with E-state index in [0.29, 0.717) is 17.7 Å². The average Bonchev–Trinajstić information content (AvgIpc) is 2.46. The van der Waals surface area contributed by atoms with Crippen LogP contribution in [0.2, 0.25) is 0 Å². The first-order valence-electron chi connectivity index (χ1n) is 6.32. The van der Waals surface area contributed by atoms with Crippen molar-refractivity contribution in [2.45, 2.75) is 18.0 Å². The lowest BCUT2D eigenvalue weighted by atomic mass is 10.1. The van der Waals surface area contributed by atoms with Crippen LogP contribution in [0.1, 0.15) is 22.8 Å². The Morgan fingerprint density at radius 3 is 1.91 bits per heavy atom. The Kier molecular flexibility index (Phi) is 4.46. The molecule has 0 saturated heterocycles. The highest BCUT2D eigenvalue weighted by Gasteiger charge is 2.30. The van der Waals surface area contributed by atoms with E-state index >= 15 is 0 Å². The average molecular weight is 344 g/mol. The third kappa shape index (κ3) is 4.10. The second-order valence-electron chi connectivity index (χ2n) is 4.64. The molecule has 0 aliphatic rings. The number of rotatable bonds is 4. The first kappa shape index (κ1) is 17.0. The van der Waals surface area contributed by atoms with Gasteiger partial charge < -0.3 is 4.18 Å². The van der Waals surface area contributed by atoms with Crippen molar-refractivity contribution in [3.63, 3.8) is 0 Å². The van der Waals surface area contributed by atoms with Gasteiger partial charge in [-0.05, 0) is 55.5 Å². The summed E-state index contributed by atoms with van der Waals surface area (Å²) in [4.78, 5) is 10.7. The van der Waals surface area contributed by atoms with E-state index in [-0.39, 0.29) is 11.5 Å². The van der Waals surface area contributed by atoms with Gasteiger partial charge in [0.05, 0.1) is 5.56 Å². The Balaban J connectivity index is 2.23. The maximum Gasteiger partial charge on any atom is 0.416 e. The number of hydrogen-bond acceptors (Lipinski definition) is 4. The van der Waals surface area contributed by atoms with Gasteiger partial charge in [0.2, 0.25) is 0 Å². The van der Waals surface area contributed by atoms with Gasteiger partial charge in [0, 0.05) is 5.56 Å². The van der Waals surface area contributed by atoms with E-state index in [0.717, 1.165) is 12.1 Å². The number of benzene rings is 2. The van der Waals surface area contributed by atoms with Crippen LogP contribution in [0.4, 0.5) is 13.2 Å². The summed E-state index contributed by atoms with van der Waals surface area (Å²) in [6, 6.07) is 8.32. The summed E-state index contributed by atoms with van der Waals surface area (Å²) in [5, 5.41) is 0. The fourth-order valence-electron chi connectivity index (χ4n) is 1.73. The number of hydrogen-bond donors (Lipinski definition) is 0. The van der Waals surface area contributed by atoms with Crippen molar-refractivity contribution in [3.8, 4) is 5.75 Å². The fraction of sp³-hybridized carbons (Fsp3) is 0.133. The number of carbonyl (C=O) groups excluding carboxylic acids is 1. The van der Waals surface area contributed by atoms with Gasteiger partial charge in [0.25, 0.3) is 0 Å². The van der Waals surface area contributed by atoms with Crippen LogP contribution < -0.4 is 4.18 Å². The summed E-state index contributed by atoms with van der Waals surface area (Å²) in [5.41, 5.74) is -0.577. The Morgan fingerprint density at radius 1 is 0.957 bits per heavy atom. The monoisotopic (exact) mass is 344 g/mol. The molecule has 4 nitrogen and oxygen atoms in total. The smallest absolute Gasteiger partial charge is 0.379 e. The van der Waals surface area contributed by atoms with Crippen molar-refractivity contribution >= 4 is 15.9 Å². The zero-order valence-electron chi connectivity index (χ0n) is 11.8. The summed E-state index contributed by atoms with van der Waals surface area (Å²) >= 11 is 0.